The van der Waals surface area contributed by atoms with Gasteiger partial charge in [0, 0.05) is 12.6 Å². The maximum Gasteiger partial charge on any atom is 0.271 e. The summed E-state index contributed by atoms with van der Waals surface area (Å²) in [6, 6.07) is 22.7. The SMILES string of the molecule is CCN(CC)C(CNC(=O)c1ccc(=O)n(Cc2ccccc2)n1)c1ccccc1. The first-order valence-electron chi connectivity index (χ1n) is 10.3. The Morgan fingerprint density at radius 2 is 1.60 bits per heavy atom. The van der Waals surface area contributed by atoms with Gasteiger partial charge in [-0.05, 0) is 30.3 Å². The molecule has 1 atom stereocenters. The van der Waals surface area contributed by atoms with Crippen LogP contribution in [0.5, 0.6) is 0 Å². The van der Waals surface area contributed by atoms with E-state index in [-0.39, 0.29) is 23.2 Å². The highest BCUT2D eigenvalue weighted by Gasteiger charge is 2.19. The number of likely N-dealkylation sites (N-methyl/N-ethyl adjacent to an activating group) is 1. The number of nitrogens with zero attached hydrogens (tertiary/aromatic N) is 3. The van der Waals surface area contributed by atoms with Crippen molar-refractivity contribution in [1.82, 2.24) is 20.0 Å². The first kappa shape index (κ1) is 21.5. The molecule has 6 heteroatoms. The monoisotopic (exact) mass is 404 g/mol. The number of aromatic nitrogens is 2. The van der Waals surface area contributed by atoms with E-state index in [1.165, 1.54) is 16.8 Å². The molecule has 0 spiro atoms. The van der Waals surface area contributed by atoms with Gasteiger partial charge in [0.1, 0.15) is 5.69 Å². The van der Waals surface area contributed by atoms with Crippen LogP contribution in [0.25, 0.3) is 0 Å². The summed E-state index contributed by atoms with van der Waals surface area (Å²) < 4.78 is 1.32. The van der Waals surface area contributed by atoms with Crippen LogP contribution >= 0.6 is 0 Å². The molecular formula is C24H28N4O2. The second kappa shape index (κ2) is 10.5. The van der Waals surface area contributed by atoms with Crippen LogP contribution in [-0.4, -0.2) is 40.2 Å². The van der Waals surface area contributed by atoms with Gasteiger partial charge in [0.15, 0.2) is 0 Å². The van der Waals surface area contributed by atoms with Crippen molar-refractivity contribution in [3.05, 3.63) is 100.0 Å². The molecule has 0 aliphatic carbocycles. The number of hydrogen-bond donors (Lipinski definition) is 1. The Balaban J connectivity index is 1.74. The lowest BCUT2D eigenvalue weighted by Crippen LogP contribution is -2.38. The molecule has 1 heterocycles. The summed E-state index contributed by atoms with van der Waals surface area (Å²) in [6.45, 7) is 6.78. The van der Waals surface area contributed by atoms with Crippen molar-refractivity contribution in [2.45, 2.75) is 26.4 Å². The molecule has 1 aromatic heterocycles. The molecule has 1 N–H and O–H groups in total. The van der Waals surface area contributed by atoms with Gasteiger partial charge in [-0.3, -0.25) is 14.5 Å². The van der Waals surface area contributed by atoms with Gasteiger partial charge in [-0.15, -0.1) is 0 Å². The minimum absolute atomic E-state index is 0.0698. The Labute approximate surface area is 177 Å². The topological polar surface area (TPSA) is 67.2 Å². The average molecular weight is 405 g/mol. The molecule has 0 fully saturated rings. The van der Waals surface area contributed by atoms with Crippen molar-refractivity contribution in [3.63, 3.8) is 0 Å². The summed E-state index contributed by atoms with van der Waals surface area (Å²) in [7, 11) is 0. The Morgan fingerprint density at radius 3 is 2.23 bits per heavy atom. The summed E-state index contributed by atoms with van der Waals surface area (Å²) in [6.07, 6.45) is 0. The number of nitrogens with one attached hydrogen (secondary N) is 1. The zero-order chi connectivity index (χ0) is 21.3. The normalized spacial score (nSPS) is 12.0. The maximum absolute atomic E-state index is 12.8. The molecule has 6 nitrogen and oxygen atoms in total. The van der Waals surface area contributed by atoms with Crippen molar-refractivity contribution in [1.29, 1.82) is 0 Å². The zero-order valence-electron chi connectivity index (χ0n) is 17.5. The molecule has 0 radical (unpaired) electrons. The number of hydrogen-bond acceptors (Lipinski definition) is 4. The fourth-order valence-corrected chi connectivity index (χ4v) is 3.52. The van der Waals surface area contributed by atoms with Gasteiger partial charge in [-0.1, -0.05) is 74.5 Å². The molecule has 0 saturated heterocycles. The molecule has 3 aromatic rings. The summed E-state index contributed by atoms with van der Waals surface area (Å²) in [4.78, 5) is 27.3. The molecule has 1 amide bonds. The Bertz CT molecular complexity index is 998. The molecular weight excluding hydrogens is 376 g/mol. The van der Waals surface area contributed by atoms with E-state index in [1.54, 1.807) is 0 Å². The second-order valence-electron chi connectivity index (χ2n) is 7.06. The number of rotatable bonds is 9. The van der Waals surface area contributed by atoms with Gasteiger partial charge >= 0.3 is 0 Å². The van der Waals surface area contributed by atoms with Crippen LogP contribution in [0.2, 0.25) is 0 Å². The number of benzene rings is 2. The van der Waals surface area contributed by atoms with Gasteiger partial charge < -0.3 is 5.32 Å². The fraction of sp³-hybridized carbons (Fsp3) is 0.292. The van der Waals surface area contributed by atoms with Gasteiger partial charge in [0.25, 0.3) is 11.5 Å². The van der Waals surface area contributed by atoms with Gasteiger partial charge in [0.2, 0.25) is 0 Å². The molecule has 0 saturated carbocycles. The van der Waals surface area contributed by atoms with E-state index in [9.17, 15) is 9.59 Å². The van der Waals surface area contributed by atoms with Crippen molar-refractivity contribution in [3.8, 4) is 0 Å². The third-order valence-electron chi connectivity index (χ3n) is 5.17. The summed E-state index contributed by atoms with van der Waals surface area (Å²) in [5, 5.41) is 7.28. The summed E-state index contributed by atoms with van der Waals surface area (Å²) >= 11 is 0. The summed E-state index contributed by atoms with van der Waals surface area (Å²) in [5.74, 6) is -0.287. The lowest BCUT2D eigenvalue weighted by atomic mass is 10.1. The van der Waals surface area contributed by atoms with E-state index < -0.39 is 0 Å². The molecule has 0 aliphatic rings. The quantitative estimate of drug-likeness (QED) is 0.595. The van der Waals surface area contributed by atoms with Crippen molar-refractivity contribution >= 4 is 5.91 Å². The Hall–Kier alpha value is -3.25. The van der Waals surface area contributed by atoms with E-state index in [4.69, 9.17) is 0 Å². The van der Waals surface area contributed by atoms with E-state index in [2.05, 4.69) is 41.3 Å². The van der Waals surface area contributed by atoms with Gasteiger partial charge in [-0.25, -0.2) is 4.68 Å². The minimum Gasteiger partial charge on any atom is -0.349 e. The van der Waals surface area contributed by atoms with Crippen molar-refractivity contribution in [2.75, 3.05) is 19.6 Å². The number of carbonyl (C=O) groups excluding carboxylic acids is 1. The van der Waals surface area contributed by atoms with Gasteiger partial charge in [-0.2, -0.15) is 5.10 Å². The first-order chi connectivity index (χ1) is 14.6. The number of carbonyl (C=O) groups is 1. The number of amides is 1. The average Bonchev–Trinajstić information content (AvgIpc) is 2.79. The van der Waals surface area contributed by atoms with Crippen LogP contribution < -0.4 is 10.9 Å². The summed E-state index contributed by atoms with van der Waals surface area (Å²) in [5.41, 5.74) is 2.11. The highest BCUT2D eigenvalue weighted by molar-refractivity contribution is 5.92. The van der Waals surface area contributed by atoms with Gasteiger partial charge in [0.05, 0.1) is 12.6 Å². The third-order valence-corrected chi connectivity index (χ3v) is 5.17. The molecule has 0 bridgehead atoms. The lowest BCUT2D eigenvalue weighted by Gasteiger charge is -2.30. The van der Waals surface area contributed by atoms with E-state index in [0.717, 1.165) is 24.2 Å². The van der Waals surface area contributed by atoms with Crippen LogP contribution in [0.1, 0.15) is 41.5 Å². The van der Waals surface area contributed by atoms with Crippen LogP contribution in [0.4, 0.5) is 0 Å². The van der Waals surface area contributed by atoms with E-state index >= 15 is 0 Å². The van der Waals surface area contributed by atoms with Crippen LogP contribution in [0, 0.1) is 0 Å². The first-order valence-corrected chi connectivity index (χ1v) is 10.3. The van der Waals surface area contributed by atoms with Crippen molar-refractivity contribution in [2.24, 2.45) is 0 Å². The molecule has 1 unspecified atom stereocenters. The molecule has 0 aliphatic heterocycles. The largest absolute Gasteiger partial charge is 0.349 e. The van der Waals surface area contributed by atoms with Crippen LogP contribution in [0.3, 0.4) is 0 Å². The maximum atomic E-state index is 12.8. The third kappa shape index (κ3) is 5.42. The highest BCUT2D eigenvalue weighted by atomic mass is 16.2. The Morgan fingerprint density at radius 1 is 0.967 bits per heavy atom. The Kier molecular flexibility index (Phi) is 7.51. The zero-order valence-corrected chi connectivity index (χ0v) is 17.5. The highest BCUT2D eigenvalue weighted by Crippen LogP contribution is 2.19. The second-order valence-corrected chi connectivity index (χ2v) is 7.06. The predicted molar refractivity (Wildman–Crippen MR) is 118 cm³/mol. The van der Waals surface area contributed by atoms with Crippen LogP contribution in [0.15, 0.2) is 77.6 Å². The smallest absolute Gasteiger partial charge is 0.271 e. The van der Waals surface area contributed by atoms with E-state index in [0.29, 0.717) is 13.1 Å². The van der Waals surface area contributed by atoms with Crippen molar-refractivity contribution < 1.29 is 4.79 Å². The fourth-order valence-electron chi connectivity index (χ4n) is 3.52. The molecule has 2 aromatic carbocycles. The molecule has 156 valence electrons. The molecule has 30 heavy (non-hydrogen) atoms. The standard InChI is InChI=1S/C24H28N4O2/c1-3-27(4-2)22(20-13-9-6-10-14-20)17-25-24(30)21-15-16-23(29)28(26-21)18-19-11-7-5-8-12-19/h5-16,22H,3-4,17-18H2,1-2H3,(H,25,30). The minimum atomic E-state index is -0.287. The lowest BCUT2D eigenvalue weighted by molar-refractivity contribution is 0.0927. The predicted octanol–water partition coefficient (Wildman–Crippen LogP) is 3.10. The molecule has 3 rings (SSSR count). The van der Waals surface area contributed by atoms with E-state index in [1.807, 2.05) is 48.5 Å². The van der Waals surface area contributed by atoms with Crippen LogP contribution in [-0.2, 0) is 6.54 Å².